The number of carboxylic acids is 1. The Morgan fingerprint density at radius 1 is 1.28 bits per heavy atom. The molecule has 0 atom stereocenters. The van der Waals surface area contributed by atoms with Gasteiger partial charge in [0, 0.05) is 35.0 Å². The first-order valence-corrected chi connectivity index (χ1v) is 10.6. The molecule has 0 fully saturated rings. The Morgan fingerprint density at radius 2 is 2.00 bits per heavy atom. The Labute approximate surface area is 196 Å². The van der Waals surface area contributed by atoms with Crippen LogP contribution in [0, 0.1) is 10.1 Å². The molecule has 9 nitrogen and oxygen atoms in total. The molecule has 12 heteroatoms. The number of anilines is 1. The SMILES string of the molecule is O=C(O)c1ccc(NC(=S)NN=CCc2csc(-c3ccc(Cl)cc3)c2O)cc1[N+](=O)[O-]. The molecule has 0 spiro atoms. The second-order valence-corrected chi connectivity index (χ2v) is 8.05. The Morgan fingerprint density at radius 3 is 2.66 bits per heavy atom. The molecule has 0 saturated carbocycles. The monoisotopic (exact) mass is 490 g/mol. The summed E-state index contributed by atoms with van der Waals surface area (Å²) in [4.78, 5) is 22.1. The van der Waals surface area contributed by atoms with E-state index >= 15 is 0 Å². The van der Waals surface area contributed by atoms with Gasteiger partial charge in [-0.15, -0.1) is 11.3 Å². The quantitative estimate of drug-likeness (QED) is 0.159. The first-order valence-electron chi connectivity index (χ1n) is 8.91. The molecule has 3 rings (SSSR count). The third kappa shape index (κ3) is 5.58. The fourth-order valence-electron chi connectivity index (χ4n) is 2.69. The number of carboxylic acid groups (broad SMARTS) is 1. The summed E-state index contributed by atoms with van der Waals surface area (Å²) in [5.74, 6) is -1.24. The van der Waals surface area contributed by atoms with Gasteiger partial charge < -0.3 is 15.5 Å². The normalized spacial score (nSPS) is 10.8. The lowest BCUT2D eigenvalue weighted by atomic mass is 10.1. The number of thiocarbonyl (C=S) groups is 1. The summed E-state index contributed by atoms with van der Waals surface area (Å²) in [6, 6.07) is 10.7. The van der Waals surface area contributed by atoms with E-state index in [9.17, 15) is 20.0 Å². The lowest BCUT2D eigenvalue weighted by molar-refractivity contribution is -0.385. The average molecular weight is 491 g/mol. The molecule has 0 aliphatic carbocycles. The molecule has 0 radical (unpaired) electrons. The third-order valence-corrected chi connectivity index (χ3v) is 5.71. The van der Waals surface area contributed by atoms with E-state index in [0.717, 1.165) is 22.6 Å². The Hall–Kier alpha value is -3.54. The Bertz CT molecular complexity index is 1210. The van der Waals surface area contributed by atoms with Crippen LogP contribution >= 0.6 is 35.2 Å². The standard InChI is InChI=1S/C20H15ClN4O5S2/c21-13-3-1-11(2-4-13)18-17(26)12(10-32-18)7-8-22-24-20(31)23-14-5-6-15(19(27)28)16(9-14)25(29)30/h1-6,8-10,26H,7H2,(H,27,28)(H2,23,24,31). The van der Waals surface area contributed by atoms with Gasteiger partial charge in [-0.2, -0.15) is 5.10 Å². The molecule has 4 N–H and O–H groups in total. The van der Waals surface area contributed by atoms with Crippen molar-refractivity contribution in [1.82, 2.24) is 5.43 Å². The van der Waals surface area contributed by atoms with E-state index in [1.165, 1.54) is 23.6 Å². The average Bonchev–Trinajstić information content (AvgIpc) is 3.12. The van der Waals surface area contributed by atoms with Gasteiger partial charge in [-0.25, -0.2) is 4.79 Å². The highest BCUT2D eigenvalue weighted by Gasteiger charge is 2.20. The van der Waals surface area contributed by atoms with Crippen LogP contribution in [0.15, 0.2) is 52.9 Å². The van der Waals surface area contributed by atoms with Crippen LogP contribution in [0.5, 0.6) is 5.75 Å². The molecule has 0 aliphatic heterocycles. The topological polar surface area (TPSA) is 137 Å². The fourth-order valence-corrected chi connectivity index (χ4v) is 3.97. The molecule has 1 aromatic heterocycles. The zero-order valence-corrected chi connectivity index (χ0v) is 18.5. The molecular formula is C20H15ClN4O5S2. The first kappa shape index (κ1) is 23.1. The molecule has 1 heterocycles. The van der Waals surface area contributed by atoms with E-state index in [2.05, 4.69) is 15.8 Å². The summed E-state index contributed by atoms with van der Waals surface area (Å²) in [6.45, 7) is 0. The van der Waals surface area contributed by atoms with Crippen molar-refractivity contribution in [2.24, 2.45) is 5.10 Å². The van der Waals surface area contributed by atoms with Crippen LogP contribution in [-0.2, 0) is 6.42 Å². The number of benzene rings is 2. The third-order valence-electron chi connectivity index (χ3n) is 4.20. The number of nitro benzene ring substituents is 1. The molecule has 0 aliphatic rings. The molecule has 0 unspecified atom stereocenters. The number of thiophene rings is 1. The molecule has 0 bridgehead atoms. The number of halogens is 1. The van der Waals surface area contributed by atoms with Gasteiger partial charge in [0.15, 0.2) is 5.11 Å². The van der Waals surface area contributed by atoms with E-state index in [-0.39, 0.29) is 16.5 Å². The van der Waals surface area contributed by atoms with Crippen LogP contribution in [0.4, 0.5) is 11.4 Å². The van der Waals surface area contributed by atoms with E-state index in [4.69, 9.17) is 28.9 Å². The highest BCUT2D eigenvalue weighted by Crippen LogP contribution is 2.38. The predicted octanol–water partition coefficient (Wildman–Crippen LogP) is 4.90. The largest absolute Gasteiger partial charge is 0.506 e. The smallest absolute Gasteiger partial charge is 0.342 e. The van der Waals surface area contributed by atoms with Gasteiger partial charge >= 0.3 is 5.97 Å². The van der Waals surface area contributed by atoms with Crippen molar-refractivity contribution in [3.8, 4) is 16.2 Å². The van der Waals surface area contributed by atoms with E-state index in [1.54, 1.807) is 12.1 Å². The van der Waals surface area contributed by atoms with Crippen molar-refractivity contribution in [2.75, 3.05) is 5.32 Å². The van der Waals surface area contributed by atoms with E-state index in [1.807, 2.05) is 17.5 Å². The summed E-state index contributed by atoms with van der Waals surface area (Å²) in [5, 5.41) is 39.7. The molecule has 164 valence electrons. The number of aromatic carboxylic acids is 1. The second-order valence-electron chi connectivity index (χ2n) is 6.32. The summed E-state index contributed by atoms with van der Waals surface area (Å²) < 4.78 is 0. The van der Waals surface area contributed by atoms with Crippen molar-refractivity contribution in [3.05, 3.63) is 74.1 Å². The second kappa shape index (κ2) is 10.2. The molecule has 0 saturated heterocycles. The molecule has 3 aromatic rings. The van der Waals surface area contributed by atoms with Crippen LogP contribution in [0.25, 0.3) is 10.4 Å². The summed E-state index contributed by atoms with van der Waals surface area (Å²) >= 11 is 12.4. The molecule has 0 amide bonds. The first-order chi connectivity index (χ1) is 15.3. The number of nitro groups is 1. The maximum absolute atomic E-state index is 11.1. The Balaban J connectivity index is 1.59. The summed E-state index contributed by atoms with van der Waals surface area (Å²) in [5.41, 5.74) is 3.35. The van der Waals surface area contributed by atoms with E-state index < -0.39 is 22.1 Å². The lowest BCUT2D eigenvalue weighted by Crippen LogP contribution is -2.24. The molecular weight excluding hydrogens is 476 g/mol. The van der Waals surface area contributed by atoms with Crippen LogP contribution in [0.1, 0.15) is 15.9 Å². The zero-order chi connectivity index (χ0) is 23.3. The minimum absolute atomic E-state index is 0.0509. The number of aromatic hydroxyl groups is 1. The highest BCUT2D eigenvalue weighted by atomic mass is 35.5. The van der Waals surface area contributed by atoms with Crippen molar-refractivity contribution >= 4 is 63.8 Å². The number of nitrogens with zero attached hydrogens (tertiary/aromatic N) is 2. The number of hydrogen-bond donors (Lipinski definition) is 4. The summed E-state index contributed by atoms with van der Waals surface area (Å²) in [6.07, 6.45) is 1.85. The molecule has 32 heavy (non-hydrogen) atoms. The number of hydrazone groups is 1. The van der Waals surface area contributed by atoms with Crippen LogP contribution in [0.3, 0.4) is 0 Å². The highest BCUT2D eigenvalue weighted by molar-refractivity contribution is 7.80. The van der Waals surface area contributed by atoms with Gasteiger partial charge in [0.2, 0.25) is 0 Å². The number of carbonyl (C=O) groups is 1. The molecule has 2 aromatic carbocycles. The van der Waals surface area contributed by atoms with Crippen LogP contribution in [0.2, 0.25) is 5.02 Å². The van der Waals surface area contributed by atoms with Crippen molar-refractivity contribution in [2.45, 2.75) is 6.42 Å². The zero-order valence-electron chi connectivity index (χ0n) is 16.1. The van der Waals surface area contributed by atoms with Crippen LogP contribution in [-0.4, -0.2) is 32.4 Å². The fraction of sp³-hybridized carbons (Fsp3) is 0.0500. The minimum atomic E-state index is -1.40. The van der Waals surface area contributed by atoms with Crippen molar-refractivity contribution < 1.29 is 19.9 Å². The van der Waals surface area contributed by atoms with E-state index in [0.29, 0.717) is 17.0 Å². The summed E-state index contributed by atoms with van der Waals surface area (Å²) in [7, 11) is 0. The van der Waals surface area contributed by atoms with Gasteiger partial charge in [0.1, 0.15) is 11.3 Å². The maximum Gasteiger partial charge on any atom is 0.342 e. The maximum atomic E-state index is 11.1. The van der Waals surface area contributed by atoms with Gasteiger partial charge in [-0.3, -0.25) is 15.5 Å². The van der Waals surface area contributed by atoms with Crippen molar-refractivity contribution in [1.29, 1.82) is 0 Å². The predicted molar refractivity (Wildman–Crippen MR) is 128 cm³/mol. The van der Waals surface area contributed by atoms with Crippen LogP contribution < -0.4 is 10.7 Å². The van der Waals surface area contributed by atoms with Crippen molar-refractivity contribution in [3.63, 3.8) is 0 Å². The van der Waals surface area contributed by atoms with Gasteiger partial charge in [-0.1, -0.05) is 23.7 Å². The number of rotatable bonds is 7. The lowest BCUT2D eigenvalue weighted by Gasteiger charge is -2.07. The van der Waals surface area contributed by atoms with Gasteiger partial charge in [0.05, 0.1) is 9.80 Å². The number of hydrogen-bond acceptors (Lipinski definition) is 7. The van der Waals surface area contributed by atoms with Gasteiger partial charge in [-0.05, 0) is 47.4 Å². The number of nitrogens with one attached hydrogen (secondary N) is 2. The Kier molecular flexibility index (Phi) is 7.36. The minimum Gasteiger partial charge on any atom is -0.506 e. The van der Waals surface area contributed by atoms with Gasteiger partial charge in [0.25, 0.3) is 5.69 Å².